The topological polar surface area (TPSA) is 65.5 Å². The first-order valence-electron chi connectivity index (χ1n) is 6.39. The van der Waals surface area contributed by atoms with E-state index in [0.717, 1.165) is 11.4 Å². The zero-order valence-electron chi connectivity index (χ0n) is 11.1. The Kier molecular flexibility index (Phi) is 3.12. The first-order valence-corrected chi connectivity index (χ1v) is 6.39. The Labute approximate surface area is 116 Å². The molecule has 2 heterocycles. The number of carbonyl (C=O) groups is 1. The molecule has 1 unspecified atom stereocenters. The zero-order chi connectivity index (χ0) is 14.1. The normalized spacial score (nSPS) is 16.7. The van der Waals surface area contributed by atoms with Crippen molar-refractivity contribution in [2.45, 2.75) is 12.6 Å². The summed E-state index contributed by atoms with van der Waals surface area (Å²) in [7, 11) is 1.96. The highest BCUT2D eigenvalue weighted by Crippen LogP contribution is 2.33. The molecule has 0 saturated heterocycles. The third-order valence-electron chi connectivity index (χ3n) is 3.40. The summed E-state index contributed by atoms with van der Waals surface area (Å²) in [4.78, 5) is 17.7. The summed E-state index contributed by atoms with van der Waals surface area (Å²) in [6.45, 7) is 0.677. The van der Waals surface area contributed by atoms with Crippen LogP contribution in [0.5, 0.6) is 0 Å². The van der Waals surface area contributed by atoms with Crippen LogP contribution in [-0.4, -0.2) is 23.0 Å². The number of anilines is 2. The Balaban J connectivity index is 1.82. The van der Waals surface area contributed by atoms with Crippen molar-refractivity contribution in [1.82, 2.24) is 4.98 Å². The molecule has 0 spiro atoms. The molecular formula is C15H15N3O2. The molecule has 0 aliphatic carbocycles. The van der Waals surface area contributed by atoms with Crippen LogP contribution in [-0.2, 0) is 11.3 Å². The van der Waals surface area contributed by atoms with Gasteiger partial charge >= 0.3 is 0 Å². The quantitative estimate of drug-likeness (QED) is 0.890. The minimum absolute atomic E-state index is 0.371. The highest BCUT2D eigenvalue weighted by Gasteiger charge is 2.28. The second kappa shape index (κ2) is 4.94. The molecule has 0 fully saturated rings. The molecule has 1 aliphatic heterocycles. The van der Waals surface area contributed by atoms with Crippen LogP contribution in [0.15, 0.2) is 42.6 Å². The summed E-state index contributed by atoms with van der Waals surface area (Å²) in [5, 5.41) is 12.4. The number of pyridine rings is 1. The second-order valence-corrected chi connectivity index (χ2v) is 4.84. The maximum atomic E-state index is 11.4. The second-order valence-electron chi connectivity index (χ2n) is 4.84. The van der Waals surface area contributed by atoms with Crippen LogP contribution < -0.4 is 10.2 Å². The third kappa shape index (κ3) is 2.23. The zero-order valence-corrected chi connectivity index (χ0v) is 11.1. The smallest absolute Gasteiger partial charge is 0.257 e. The molecule has 1 aromatic heterocycles. The Bertz CT molecular complexity index is 643. The highest BCUT2D eigenvalue weighted by atomic mass is 16.3. The first kappa shape index (κ1) is 12.6. The van der Waals surface area contributed by atoms with E-state index in [4.69, 9.17) is 0 Å². The Morgan fingerprint density at radius 3 is 2.95 bits per heavy atom. The van der Waals surface area contributed by atoms with Crippen LogP contribution in [0.1, 0.15) is 17.4 Å². The van der Waals surface area contributed by atoms with Gasteiger partial charge in [-0.1, -0.05) is 12.1 Å². The lowest BCUT2D eigenvalue weighted by Crippen LogP contribution is -2.17. The number of hydrogen-bond acceptors (Lipinski definition) is 4. The molecular weight excluding hydrogens is 254 g/mol. The predicted octanol–water partition coefficient (Wildman–Crippen LogP) is 1.70. The average Bonchev–Trinajstić information content (AvgIpc) is 2.74. The van der Waals surface area contributed by atoms with E-state index in [1.807, 2.05) is 42.3 Å². The van der Waals surface area contributed by atoms with Crippen LogP contribution in [0.3, 0.4) is 0 Å². The van der Waals surface area contributed by atoms with Gasteiger partial charge in [0.2, 0.25) is 0 Å². The first-order chi connectivity index (χ1) is 9.65. The van der Waals surface area contributed by atoms with Gasteiger partial charge in [-0.25, -0.2) is 0 Å². The molecule has 5 nitrogen and oxygen atoms in total. The summed E-state index contributed by atoms with van der Waals surface area (Å²) in [6.07, 6.45) is 0.711. The van der Waals surface area contributed by atoms with Gasteiger partial charge < -0.3 is 15.3 Å². The van der Waals surface area contributed by atoms with Gasteiger partial charge in [-0.15, -0.1) is 0 Å². The predicted molar refractivity (Wildman–Crippen MR) is 76.4 cm³/mol. The van der Waals surface area contributed by atoms with Crippen molar-refractivity contribution in [1.29, 1.82) is 0 Å². The fourth-order valence-corrected chi connectivity index (χ4v) is 2.30. The van der Waals surface area contributed by atoms with Gasteiger partial charge in [-0.2, -0.15) is 0 Å². The van der Waals surface area contributed by atoms with E-state index in [1.165, 1.54) is 0 Å². The molecule has 0 saturated carbocycles. The van der Waals surface area contributed by atoms with Crippen molar-refractivity contribution < 1.29 is 9.90 Å². The van der Waals surface area contributed by atoms with Crippen molar-refractivity contribution in [3.63, 3.8) is 0 Å². The molecule has 2 N–H and O–H groups in total. The number of hydrogen-bond donors (Lipinski definition) is 2. The number of carbonyl (C=O) groups excluding carboxylic acids is 1. The SMILES string of the molecule is CN(Cc1ccccn1)c1ccc2c(c1)NC(=O)C2O. The van der Waals surface area contributed by atoms with E-state index in [0.29, 0.717) is 17.8 Å². The molecule has 102 valence electrons. The van der Waals surface area contributed by atoms with Crippen LogP contribution in [0, 0.1) is 0 Å². The van der Waals surface area contributed by atoms with Crippen molar-refractivity contribution >= 4 is 17.3 Å². The monoisotopic (exact) mass is 269 g/mol. The third-order valence-corrected chi connectivity index (χ3v) is 3.40. The van der Waals surface area contributed by atoms with Crippen LogP contribution >= 0.6 is 0 Å². The number of nitrogens with one attached hydrogen (secondary N) is 1. The molecule has 2 aromatic rings. The number of rotatable bonds is 3. The van der Waals surface area contributed by atoms with Gasteiger partial charge in [-0.3, -0.25) is 9.78 Å². The van der Waals surface area contributed by atoms with Gasteiger partial charge in [0.15, 0.2) is 6.10 Å². The highest BCUT2D eigenvalue weighted by molar-refractivity contribution is 6.02. The molecule has 3 rings (SSSR count). The lowest BCUT2D eigenvalue weighted by molar-refractivity contribution is -0.123. The molecule has 1 atom stereocenters. The van der Waals surface area contributed by atoms with Crippen molar-refractivity contribution in [2.75, 3.05) is 17.3 Å². The Hall–Kier alpha value is -2.40. The maximum Gasteiger partial charge on any atom is 0.257 e. The fraction of sp³-hybridized carbons (Fsp3) is 0.200. The van der Waals surface area contributed by atoms with Gasteiger partial charge in [0.1, 0.15) is 0 Å². The summed E-state index contributed by atoms with van der Waals surface area (Å²) in [5.74, 6) is -0.371. The largest absolute Gasteiger partial charge is 0.378 e. The maximum absolute atomic E-state index is 11.4. The van der Waals surface area contributed by atoms with E-state index in [9.17, 15) is 9.90 Å². The van der Waals surface area contributed by atoms with E-state index in [-0.39, 0.29) is 5.91 Å². The van der Waals surface area contributed by atoms with Crippen LogP contribution in [0.25, 0.3) is 0 Å². The number of amides is 1. The van der Waals surface area contributed by atoms with Crippen molar-refractivity contribution in [2.24, 2.45) is 0 Å². The van der Waals surface area contributed by atoms with E-state index < -0.39 is 6.10 Å². The summed E-state index contributed by atoms with van der Waals surface area (Å²) in [6, 6.07) is 11.3. The number of benzene rings is 1. The lowest BCUT2D eigenvalue weighted by atomic mass is 10.1. The number of aliphatic hydroxyl groups excluding tert-OH is 1. The molecule has 5 heteroatoms. The van der Waals surface area contributed by atoms with Crippen LogP contribution in [0.2, 0.25) is 0 Å². The Morgan fingerprint density at radius 2 is 2.20 bits per heavy atom. The van der Waals surface area contributed by atoms with Crippen molar-refractivity contribution in [3.8, 4) is 0 Å². The van der Waals surface area contributed by atoms with E-state index >= 15 is 0 Å². The minimum Gasteiger partial charge on any atom is -0.378 e. The van der Waals surface area contributed by atoms with E-state index in [1.54, 1.807) is 12.3 Å². The number of aliphatic hydroxyl groups is 1. The van der Waals surface area contributed by atoms with Gasteiger partial charge in [0.05, 0.1) is 12.2 Å². The molecule has 20 heavy (non-hydrogen) atoms. The number of nitrogens with zero attached hydrogens (tertiary/aromatic N) is 2. The number of fused-ring (bicyclic) bond motifs is 1. The van der Waals surface area contributed by atoms with Crippen molar-refractivity contribution in [3.05, 3.63) is 53.9 Å². The Morgan fingerprint density at radius 1 is 1.35 bits per heavy atom. The average molecular weight is 269 g/mol. The minimum atomic E-state index is -1.06. The summed E-state index contributed by atoms with van der Waals surface area (Å²) >= 11 is 0. The van der Waals surface area contributed by atoms with Crippen LogP contribution in [0.4, 0.5) is 11.4 Å². The van der Waals surface area contributed by atoms with E-state index in [2.05, 4.69) is 10.3 Å². The summed E-state index contributed by atoms with van der Waals surface area (Å²) in [5.41, 5.74) is 3.24. The molecule has 1 aliphatic rings. The molecule has 1 amide bonds. The molecule has 0 bridgehead atoms. The summed E-state index contributed by atoms with van der Waals surface area (Å²) < 4.78 is 0. The number of aromatic nitrogens is 1. The molecule has 1 aromatic carbocycles. The fourth-order valence-electron chi connectivity index (χ4n) is 2.30. The lowest BCUT2D eigenvalue weighted by Gasteiger charge is -2.19. The van der Waals surface area contributed by atoms with Gasteiger partial charge in [0.25, 0.3) is 5.91 Å². The molecule has 0 radical (unpaired) electrons. The van der Waals surface area contributed by atoms with Gasteiger partial charge in [-0.05, 0) is 24.3 Å². The van der Waals surface area contributed by atoms with Gasteiger partial charge in [0, 0.05) is 30.2 Å². The standard InChI is InChI=1S/C15H15N3O2/c1-18(9-10-4-2-3-7-16-10)11-5-6-12-13(8-11)17-15(20)14(12)19/h2-8,14,19H,9H2,1H3,(H,17,20).